The maximum absolute atomic E-state index is 9.65. The monoisotopic (exact) mass is 212 g/mol. The van der Waals surface area contributed by atoms with Crippen molar-refractivity contribution >= 4 is 11.8 Å². The van der Waals surface area contributed by atoms with Crippen molar-refractivity contribution < 1.29 is 9.84 Å². The molecule has 1 N–H and O–H groups in total. The molecule has 0 heterocycles. The smallest absolute Gasteiger partial charge is 0.125 e. The predicted molar refractivity (Wildman–Crippen MR) is 60.0 cm³/mol. The van der Waals surface area contributed by atoms with Crippen LogP contribution >= 0.6 is 11.8 Å². The van der Waals surface area contributed by atoms with Gasteiger partial charge in [-0.25, -0.2) is 0 Å². The minimum atomic E-state index is -0.486. The van der Waals surface area contributed by atoms with Crippen LogP contribution in [0.3, 0.4) is 0 Å². The van der Waals surface area contributed by atoms with Crippen LogP contribution in [0.15, 0.2) is 23.1 Å². The van der Waals surface area contributed by atoms with E-state index in [2.05, 4.69) is 6.92 Å². The van der Waals surface area contributed by atoms with E-state index in [4.69, 9.17) is 4.74 Å². The summed E-state index contributed by atoms with van der Waals surface area (Å²) in [5, 5.41) is 9.65. The molecule has 14 heavy (non-hydrogen) atoms. The van der Waals surface area contributed by atoms with Gasteiger partial charge in [-0.2, -0.15) is 0 Å². The van der Waals surface area contributed by atoms with E-state index < -0.39 is 6.10 Å². The first kappa shape index (κ1) is 11.4. The van der Waals surface area contributed by atoms with Gasteiger partial charge in [-0.3, -0.25) is 0 Å². The molecule has 1 unspecified atom stereocenters. The number of benzene rings is 1. The van der Waals surface area contributed by atoms with Gasteiger partial charge < -0.3 is 9.84 Å². The average Bonchev–Trinajstić information content (AvgIpc) is 2.17. The minimum Gasteiger partial charge on any atom is -0.496 e. The molecule has 0 amide bonds. The van der Waals surface area contributed by atoms with Crippen LogP contribution in [0.4, 0.5) is 0 Å². The molecule has 0 aliphatic rings. The lowest BCUT2D eigenvalue weighted by atomic mass is 10.1. The quantitative estimate of drug-likeness (QED) is 0.778. The number of hydrogen-bond acceptors (Lipinski definition) is 3. The van der Waals surface area contributed by atoms with Gasteiger partial charge in [0.2, 0.25) is 0 Å². The molecule has 0 saturated heterocycles. The minimum absolute atomic E-state index is 0.486. The van der Waals surface area contributed by atoms with E-state index in [0.29, 0.717) is 0 Å². The summed E-state index contributed by atoms with van der Waals surface area (Å²) in [7, 11) is 1.63. The van der Waals surface area contributed by atoms with Gasteiger partial charge in [-0.05, 0) is 24.8 Å². The van der Waals surface area contributed by atoms with Crippen LogP contribution in [0, 0.1) is 0 Å². The molecule has 0 saturated carbocycles. The lowest BCUT2D eigenvalue weighted by Crippen LogP contribution is -1.98. The van der Waals surface area contributed by atoms with Crippen LogP contribution in [-0.4, -0.2) is 18.0 Å². The van der Waals surface area contributed by atoms with Crippen LogP contribution in [0.5, 0.6) is 5.75 Å². The first-order valence-electron chi connectivity index (χ1n) is 4.68. The largest absolute Gasteiger partial charge is 0.496 e. The second-order valence-corrected chi connectivity index (χ2v) is 4.29. The zero-order valence-corrected chi connectivity index (χ0v) is 9.60. The number of thioether (sulfide) groups is 1. The summed E-state index contributed by atoms with van der Waals surface area (Å²) in [4.78, 5) is 1.10. The standard InChI is InChI=1S/C11H16O2S/c1-4-14-10-7-5-6-9(13-3)11(10)8(2)12/h5-8,12H,4H2,1-3H3. The van der Waals surface area contributed by atoms with E-state index in [0.717, 1.165) is 22.0 Å². The Morgan fingerprint density at radius 1 is 1.50 bits per heavy atom. The van der Waals surface area contributed by atoms with Gasteiger partial charge in [0.15, 0.2) is 0 Å². The van der Waals surface area contributed by atoms with E-state index in [1.54, 1.807) is 25.8 Å². The molecule has 1 aromatic carbocycles. The first-order chi connectivity index (χ1) is 6.70. The van der Waals surface area contributed by atoms with Crippen molar-refractivity contribution in [2.45, 2.75) is 24.8 Å². The fourth-order valence-electron chi connectivity index (χ4n) is 1.40. The van der Waals surface area contributed by atoms with E-state index in [1.807, 2.05) is 18.2 Å². The van der Waals surface area contributed by atoms with Crippen molar-refractivity contribution in [3.8, 4) is 5.75 Å². The van der Waals surface area contributed by atoms with Crippen molar-refractivity contribution in [1.29, 1.82) is 0 Å². The molecule has 78 valence electrons. The van der Waals surface area contributed by atoms with Gasteiger partial charge >= 0.3 is 0 Å². The maximum atomic E-state index is 9.65. The first-order valence-corrected chi connectivity index (χ1v) is 5.67. The highest BCUT2D eigenvalue weighted by Gasteiger charge is 2.13. The van der Waals surface area contributed by atoms with Crippen molar-refractivity contribution in [3.05, 3.63) is 23.8 Å². The lowest BCUT2D eigenvalue weighted by Gasteiger charge is -2.14. The van der Waals surface area contributed by atoms with Crippen LogP contribution in [0.2, 0.25) is 0 Å². The van der Waals surface area contributed by atoms with Crippen LogP contribution < -0.4 is 4.74 Å². The Labute approximate surface area is 89.3 Å². The fraction of sp³-hybridized carbons (Fsp3) is 0.455. The normalized spacial score (nSPS) is 12.6. The highest BCUT2D eigenvalue weighted by molar-refractivity contribution is 7.99. The maximum Gasteiger partial charge on any atom is 0.125 e. The second-order valence-electron chi connectivity index (χ2n) is 2.98. The summed E-state index contributed by atoms with van der Waals surface area (Å²) in [5.41, 5.74) is 0.891. The van der Waals surface area contributed by atoms with E-state index in [1.165, 1.54) is 0 Å². The van der Waals surface area contributed by atoms with Crippen LogP contribution in [-0.2, 0) is 0 Å². The molecular formula is C11H16O2S. The Bertz CT molecular complexity index is 297. The number of rotatable bonds is 4. The molecule has 0 spiro atoms. The Morgan fingerprint density at radius 2 is 2.21 bits per heavy atom. The van der Waals surface area contributed by atoms with Gasteiger partial charge in [-0.15, -0.1) is 11.8 Å². The Morgan fingerprint density at radius 3 is 2.71 bits per heavy atom. The summed E-state index contributed by atoms with van der Waals surface area (Å²) in [6, 6.07) is 5.84. The number of methoxy groups -OCH3 is 1. The molecule has 0 aliphatic carbocycles. The second kappa shape index (κ2) is 5.27. The third-order valence-corrected chi connectivity index (χ3v) is 2.92. The zero-order valence-electron chi connectivity index (χ0n) is 8.78. The molecule has 1 aromatic rings. The lowest BCUT2D eigenvalue weighted by molar-refractivity contribution is 0.191. The van der Waals surface area contributed by atoms with Gasteiger partial charge in [0, 0.05) is 10.5 Å². The van der Waals surface area contributed by atoms with Crippen molar-refractivity contribution in [1.82, 2.24) is 0 Å². The third kappa shape index (κ3) is 2.42. The molecule has 0 fully saturated rings. The van der Waals surface area contributed by atoms with Gasteiger partial charge in [0.1, 0.15) is 5.75 Å². The molecule has 0 aliphatic heterocycles. The topological polar surface area (TPSA) is 29.5 Å². The molecular weight excluding hydrogens is 196 g/mol. The molecule has 0 radical (unpaired) electrons. The fourth-order valence-corrected chi connectivity index (χ4v) is 2.31. The summed E-state index contributed by atoms with van der Waals surface area (Å²) in [6.07, 6.45) is -0.486. The SMILES string of the molecule is CCSc1cccc(OC)c1C(C)O. The summed E-state index contributed by atoms with van der Waals surface area (Å²) >= 11 is 1.72. The van der Waals surface area contributed by atoms with Crippen molar-refractivity contribution in [2.75, 3.05) is 12.9 Å². The Kier molecular flexibility index (Phi) is 4.29. The number of aliphatic hydroxyl groups excluding tert-OH is 1. The van der Waals surface area contributed by atoms with E-state index in [9.17, 15) is 5.11 Å². The third-order valence-electron chi connectivity index (χ3n) is 1.96. The molecule has 0 aromatic heterocycles. The van der Waals surface area contributed by atoms with Crippen molar-refractivity contribution in [3.63, 3.8) is 0 Å². The Balaban J connectivity index is 3.14. The zero-order chi connectivity index (χ0) is 10.6. The average molecular weight is 212 g/mol. The van der Waals surface area contributed by atoms with Crippen molar-refractivity contribution in [2.24, 2.45) is 0 Å². The summed E-state index contributed by atoms with van der Waals surface area (Å²) in [6.45, 7) is 3.85. The highest BCUT2D eigenvalue weighted by atomic mass is 32.2. The number of ether oxygens (including phenoxy) is 1. The predicted octanol–water partition coefficient (Wildman–Crippen LogP) is 2.86. The molecule has 3 heteroatoms. The Hall–Kier alpha value is -0.670. The molecule has 1 atom stereocenters. The van der Waals surface area contributed by atoms with Gasteiger partial charge in [-0.1, -0.05) is 13.0 Å². The summed E-state index contributed by atoms with van der Waals surface area (Å²) in [5.74, 6) is 1.76. The number of aliphatic hydroxyl groups is 1. The van der Waals surface area contributed by atoms with Gasteiger partial charge in [0.05, 0.1) is 13.2 Å². The van der Waals surface area contributed by atoms with Crippen LogP contribution in [0.1, 0.15) is 25.5 Å². The van der Waals surface area contributed by atoms with E-state index in [-0.39, 0.29) is 0 Å². The molecule has 2 nitrogen and oxygen atoms in total. The van der Waals surface area contributed by atoms with Gasteiger partial charge in [0.25, 0.3) is 0 Å². The molecule has 0 bridgehead atoms. The van der Waals surface area contributed by atoms with Crippen LogP contribution in [0.25, 0.3) is 0 Å². The highest BCUT2D eigenvalue weighted by Crippen LogP contribution is 2.34. The summed E-state index contributed by atoms with van der Waals surface area (Å²) < 4.78 is 5.22. The molecule has 1 rings (SSSR count). The van der Waals surface area contributed by atoms with E-state index >= 15 is 0 Å². The number of hydrogen-bond donors (Lipinski definition) is 1.